The number of halogens is 1. The van der Waals surface area contributed by atoms with Crippen molar-refractivity contribution in [3.05, 3.63) is 46.3 Å². The fourth-order valence-corrected chi connectivity index (χ4v) is 3.79. The molecule has 7 nitrogen and oxygen atoms in total. The molecule has 2 aliphatic heterocycles. The zero-order valence-corrected chi connectivity index (χ0v) is 16.0. The monoisotopic (exact) mass is 392 g/mol. The maximum absolute atomic E-state index is 12.8. The average molecular weight is 393 g/mol. The number of rotatable bonds is 4. The van der Waals surface area contributed by atoms with Crippen LogP contribution in [0.2, 0.25) is 5.02 Å². The number of aromatic nitrogens is 1. The zero-order valence-electron chi connectivity index (χ0n) is 15.2. The van der Waals surface area contributed by atoms with Crippen molar-refractivity contribution in [2.24, 2.45) is 0 Å². The number of likely N-dealkylation sites (tertiary alicyclic amines) is 1. The molecule has 0 aliphatic carbocycles. The number of aliphatic hydroxyl groups is 1. The van der Waals surface area contributed by atoms with Gasteiger partial charge in [0.25, 0.3) is 5.91 Å². The number of hydrogen-bond acceptors (Lipinski definition) is 6. The number of benzene rings is 1. The van der Waals surface area contributed by atoms with Gasteiger partial charge >= 0.3 is 0 Å². The summed E-state index contributed by atoms with van der Waals surface area (Å²) in [5, 5.41) is 14.7. The van der Waals surface area contributed by atoms with Gasteiger partial charge in [-0.05, 0) is 38.1 Å². The van der Waals surface area contributed by atoms with Crippen LogP contribution in [0.5, 0.6) is 5.75 Å². The molecule has 0 saturated carbocycles. The summed E-state index contributed by atoms with van der Waals surface area (Å²) in [4.78, 5) is 14.5. The van der Waals surface area contributed by atoms with Gasteiger partial charge in [-0.25, -0.2) is 0 Å². The van der Waals surface area contributed by atoms with Crippen molar-refractivity contribution >= 4 is 17.5 Å². The molecular formula is C19H21ClN2O5. The van der Waals surface area contributed by atoms with E-state index in [0.29, 0.717) is 41.6 Å². The van der Waals surface area contributed by atoms with E-state index in [4.69, 9.17) is 25.6 Å². The summed E-state index contributed by atoms with van der Waals surface area (Å²) >= 11 is 5.87. The van der Waals surface area contributed by atoms with E-state index in [9.17, 15) is 9.90 Å². The summed E-state index contributed by atoms with van der Waals surface area (Å²) in [6.07, 6.45) is 0.522. The summed E-state index contributed by atoms with van der Waals surface area (Å²) < 4.78 is 16.7. The van der Waals surface area contributed by atoms with Crippen molar-refractivity contribution in [3.8, 4) is 5.75 Å². The van der Waals surface area contributed by atoms with Crippen LogP contribution in [0.4, 0.5) is 0 Å². The van der Waals surface area contributed by atoms with Crippen molar-refractivity contribution in [1.29, 1.82) is 0 Å². The number of amides is 1. The molecule has 1 aromatic heterocycles. The smallest absolute Gasteiger partial charge is 0.276 e. The van der Waals surface area contributed by atoms with Crippen LogP contribution in [0.1, 0.15) is 35.2 Å². The Morgan fingerprint density at radius 1 is 1.37 bits per heavy atom. The lowest BCUT2D eigenvalue weighted by Gasteiger charge is -2.46. The predicted octanol–water partition coefficient (Wildman–Crippen LogP) is 2.58. The maximum atomic E-state index is 12.8. The summed E-state index contributed by atoms with van der Waals surface area (Å²) in [7, 11) is 0. The van der Waals surface area contributed by atoms with E-state index in [1.807, 2.05) is 0 Å². The lowest BCUT2D eigenvalue weighted by Crippen LogP contribution is -2.63. The van der Waals surface area contributed by atoms with Gasteiger partial charge in [-0.2, -0.15) is 0 Å². The maximum Gasteiger partial charge on any atom is 0.276 e. The van der Waals surface area contributed by atoms with E-state index in [0.717, 1.165) is 0 Å². The minimum absolute atomic E-state index is 0.169. The minimum atomic E-state index is -0.836. The van der Waals surface area contributed by atoms with Crippen LogP contribution in [0.15, 0.2) is 28.8 Å². The number of hydrogen-bond donors (Lipinski definition) is 1. The van der Waals surface area contributed by atoms with Crippen molar-refractivity contribution < 1.29 is 23.9 Å². The van der Waals surface area contributed by atoms with Crippen LogP contribution in [-0.2, 0) is 11.3 Å². The Hall–Kier alpha value is -2.09. The molecule has 144 valence electrons. The Labute approximate surface area is 161 Å². The second-order valence-electron chi connectivity index (χ2n) is 7.62. The molecule has 1 unspecified atom stereocenters. The largest absolute Gasteiger partial charge is 0.489 e. The van der Waals surface area contributed by atoms with E-state index < -0.39 is 11.2 Å². The Balaban J connectivity index is 1.42. The molecule has 1 spiro atoms. The zero-order chi connectivity index (χ0) is 19.2. The number of carbonyl (C=O) groups excluding carboxylic acids is 1. The number of nitrogens with zero attached hydrogens (tertiary/aromatic N) is 2. The van der Waals surface area contributed by atoms with Gasteiger partial charge in [0, 0.05) is 11.4 Å². The third kappa shape index (κ3) is 3.54. The second kappa shape index (κ2) is 6.51. The first-order valence-corrected chi connectivity index (χ1v) is 9.14. The second-order valence-corrected chi connectivity index (χ2v) is 8.05. The molecule has 2 saturated heterocycles. The minimum Gasteiger partial charge on any atom is -0.489 e. The lowest BCUT2D eigenvalue weighted by molar-refractivity contribution is -0.0957. The van der Waals surface area contributed by atoms with Gasteiger partial charge < -0.3 is 24.0 Å². The molecule has 2 aromatic rings. The summed E-state index contributed by atoms with van der Waals surface area (Å²) in [5.41, 5.74) is -0.411. The fraction of sp³-hybridized carbons (Fsp3) is 0.474. The Morgan fingerprint density at radius 3 is 2.70 bits per heavy atom. The highest BCUT2D eigenvalue weighted by atomic mass is 35.5. The topological polar surface area (TPSA) is 85.0 Å². The highest BCUT2D eigenvalue weighted by Crippen LogP contribution is 2.40. The Kier molecular flexibility index (Phi) is 4.41. The van der Waals surface area contributed by atoms with Gasteiger partial charge in [0.1, 0.15) is 23.7 Å². The van der Waals surface area contributed by atoms with Gasteiger partial charge in [0.05, 0.1) is 30.9 Å². The fourth-order valence-electron chi connectivity index (χ4n) is 3.67. The Morgan fingerprint density at radius 2 is 2.07 bits per heavy atom. The van der Waals surface area contributed by atoms with E-state index >= 15 is 0 Å². The van der Waals surface area contributed by atoms with Crippen molar-refractivity contribution in [2.45, 2.75) is 38.1 Å². The van der Waals surface area contributed by atoms with Crippen LogP contribution in [0.25, 0.3) is 0 Å². The van der Waals surface area contributed by atoms with E-state index in [-0.39, 0.29) is 24.8 Å². The normalized spacial score (nSPS) is 23.5. The van der Waals surface area contributed by atoms with Crippen molar-refractivity contribution in [2.75, 3.05) is 19.7 Å². The van der Waals surface area contributed by atoms with E-state index in [1.165, 1.54) is 0 Å². The molecule has 8 heteroatoms. The first-order valence-electron chi connectivity index (χ1n) is 8.76. The SMILES string of the molecule is Cc1onc(C(=O)N2CC3(C2)CC(C)(O)CO3)c1COc1ccc(Cl)cc1. The molecular weight excluding hydrogens is 372 g/mol. The number of ether oxygens (including phenoxy) is 2. The van der Waals surface area contributed by atoms with Crippen LogP contribution in [0.3, 0.4) is 0 Å². The molecule has 0 radical (unpaired) electrons. The van der Waals surface area contributed by atoms with Gasteiger partial charge in [0.2, 0.25) is 0 Å². The summed E-state index contributed by atoms with van der Waals surface area (Å²) in [6.45, 7) is 4.83. The quantitative estimate of drug-likeness (QED) is 0.860. The molecule has 1 atom stereocenters. The third-order valence-electron chi connectivity index (χ3n) is 5.02. The van der Waals surface area contributed by atoms with Crippen LogP contribution in [-0.4, -0.2) is 52.0 Å². The molecule has 27 heavy (non-hydrogen) atoms. The van der Waals surface area contributed by atoms with Gasteiger partial charge in [-0.3, -0.25) is 4.79 Å². The van der Waals surface area contributed by atoms with E-state index in [2.05, 4.69) is 5.16 Å². The van der Waals surface area contributed by atoms with Crippen molar-refractivity contribution in [1.82, 2.24) is 10.1 Å². The van der Waals surface area contributed by atoms with E-state index in [1.54, 1.807) is 43.0 Å². The van der Waals surface area contributed by atoms with Gasteiger partial charge in [-0.15, -0.1) is 0 Å². The highest BCUT2D eigenvalue weighted by Gasteiger charge is 2.55. The summed E-state index contributed by atoms with van der Waals surface area (Å²) in [6, 6.07) is 6.99. The van der Waals surface area contributed by atoms with Crippen LogP contribution < -0.4 is 4.74 Å². The highest BCUT2D eigenvalue weighted by molar-refractivity contribution is 6.30. The third-order valence-corrected chi connectivity index (χ3v) is 5.27. The predicted molar refractivity (Wildman–Crippen MR) is 96.9 cm³/mol. The standard InChI is InChI=1S/C19H21ClN2O5/c1-12-15(7-25-14-5-3-13(20)4-6-14)16(21-27-12)17(23)22-9-19(10-22)8-18(2,24)11-26-19/h3-6,24H,7-11H2,1-2H3. The first kappa shape index (κ1) is 18.3. The van der Waals surface area contributed by atoms with Gasteiger partial charge in [-0.1, -0.05) is 16.8 Å². The Bertz CT molecular complexity index is 855. The van der Waals surface area contributed by atoms with Gasteiger partial charge in [0.15, 0.2) is 5.69 Å². The molecule has 1 amide bonds. The molecule has 4 rings (SSSR count). The average Bonchev–Trinajstić information content (AvgIpc) is 3.12. The molecule has 2 aliphatic rings. The molecule has 3 heterocycles. The lowest BCUT2D eigenvalue weighted by atomic mass is 9.85. The molecule has 2 fully saturated rings. The van der Waals surface area contributed by atoms with Crippen molar-refractivity contribution in [3.63, 3.8) is 0 Å². The first-order chi connectivity index (χ1) is 12.8. The summed E-state index contributed by atoms with van der Waals surface area (Å²) in [5.74, 6) is 0.966. The molecule has 1 N–H and O–H groups in total. The van der Waals surface area contributed by atoms with Crippen LogP contribution in [0, 0.1) is 6.92 Å². The van der Waals surface area contributed by atoms with Crippen LogP contribution >= 0.6 is 11.6 Å². The number of aryl methyl sites for hydroxylation is 1. The molecule has 1 aromatic carbocycles. The number of carbonyl (C=O) groups is 1. The molecule has 0 bridgehead atoms.